The van der Waals surface area contributed by atoms with Crippen molar-refractivity contribution < 1.29 is 85.2 Å². The first-order chi connectivity index (χ1) is 28.2. The number of Topliss-reactive ketones (excluding diaryl/α,β-unsaturated/α-hetero) is 3. The summed E-state index contributed by atoms with van der Waals surface area (Å²) in [5, 5.41) is 124. The number of benzene rings is 3. The van der Waals surface area contributed by atoms with E-state index in [1.807, 2.05) is 0 Å². The van der Waals surface area contributed by atoms with Crippen LogP contribution in [0.1, 0.15) is 62.3 Å². The first kappa shape index (κ1) is 54.1. The number of halogens is 1. The maximum Gasteiger partial charge on any atom is 0.168 e. The molecule has 0 heterocycles. The molecule has 16 nitrogen and oxygen atoms in total. The van der Waals surface area contributed by atoms with Gasteiger partial charge in [-0.1, -0.05) is 93.6 Å². The number of rotatable bonds is 22. The Morgan fingerprint density at radius 1 is 0.433 bits per heavy atom. The number of hydrogen-bond donors (Lipinski definition) is 13. The maximum atomic E-state index is 13.4. The predicted molar refractivity (Wildman–Crippen MR) is 214 cm³/mol. The highest BCUT2D eigenvalue weighted by atomic mass is 19.1. The average molecular weight is 853 g/mol. The van der Waals surface area contributed by atoms with Gasteiger partial charge in [-0.15, -0.1) is 0 Å². The number of hydrogen-bond acceptors (Lipinski definition) is 16. The number of carbonyl (C=O) groups is 3. The van der Waals surface area contributed by atoms with Crippen LogP contribution in [0.2, 0.25) is 0 Å². The van der Waals surface area contributed by atoms with Gasteiger partial charge in [0, 0.05) is 19.3 Å². The average Bonchev–Trinajstić information content (AvgIpc) is 3.27. The van der Waals surface area contributed by atoms with E-state index in [4.69, 9.17) is 5.11 Å². The van der Waals surface area contributed by atoms with E-state index in [9.17, 15) is 80.1 Å². The Kier molecular flexibility index (Phi) is 25.1. The van der Waals surface area contributed by atoms with Gasteiger partial charge in [-0.25, -0.2) is 4.39 Å². The molecule has 3 aromatic carbocycles. The summed E-state index contributed by atoms with van der Waals surface area (Å²) in [6.45, 7) is 4.71. The highest BCUT2D eigenvalue weighted by Gasteiger charge is 2.35. The van der Waals surface area contributed by atoms with Crippen LogP contribution >= 0.6 is 0 Å². The van der Waals surface area contributed by atoms with E-state index >= 15 is 0 Å². The van der Waals surface area contributed by atoms with Gasteiger partial charge in [-0.3, -0.25) is 14.4 Å². The second-order valence-electron chi connectivity index (χ2n) is 14.2. The zero-order chi connectivity index (χ0) is 45.7. The number of ketones is 3. The smallest absolute Gasteiger partial charge is 0.168 e. The summed E-state index contributed by atoms with van der Waals surface area (Å²) in [7, 11) is 0. The standard InChI is InChI=1S/C15H22O6.C14H19FO5.C14H20O5/c1-2-11(17)13(19)15(21)14(20)12(18)7-9-3-5-10(8-16)6-4-9;1-2-10(16)12(18)14(20)13(19)11(17)7-8-5-3-4-6-9(8)15;1-2-10(15)12(17)14(19)13(18)11(16)8-9-6-4-3-5-7-9/h3-6,11,13-17,19-21H,2,7-8H2,1H3;3-6,10,12-14,16,18-20H,2,7H2,1H3;3-7,10,12-15,17-19H,2,8H2,1H3/t11-,13-,14+,15+;2*10-,12-,13+,14+/m111/s1. The van der Waals surface area contributed by atoms with Crippen molar-refractivity contribution in [3.63, 3.8) is 0 Å². The lowest BCUT2D eigenvalue weighted by atomic mass is 9.95. The molecular formula is C43H61FO16. The SMILES string of the molecule is CC[C@@H](O)[C@@H](O)[C@H](O)[C@@H](O)C(=O)Cc1ccc(CO)cc1.CC[C@@H](O)[C@@H](O)[C@H](O)[C@@H](O)C(=O)Cc1ccccc1.CC[C@@H](O)[C@@H](O)[C@H](O)[C@@H](O)C(=O)Cc1ccccc1F. The topological polar surface area (TPSA) is 314 Å². The van der Waals surface area contributed by atoms with Gasteiger partial charge in [0.2, 0.25) is 0 Å². The molecule has 0 spiro atoms. The van der Waals surface area contributed by atoms with Crippen LogP contribution in [-0.4, -0.2) is 157 Å². The molecule has 3 rings (SSSR count). The molecule has 0 amide bonds. The Balaban J connectivity index is 0.000000451. The van der Waals surface area contributed by atoms with Gasteiger partial charge in [0.15, 0.2) is 17.3 Å². The van der Waals surface area contributed by atoms with E-state index in [1.165, 1.54) is 18.2 Å². The van der Waals surface area contributed by atoms with Crippen molar-refractivity contribution in [2.75, 3.05) is 0 Å². The fourth-order valence-corrected chi connectivity index (χ4v) is 5.44. The molecule has 0 aliphatic carbocycles. The van der Waals surface area contributed by atoms with Crippen molar-refractivity contribution in [2.45, 2.75) is 139 Å². The molecule has 0 bridgehead atoms. The lowest BCUT2D eigenvalue weighted by Crippen LogP contribution is -2.47. The third-order valence-corrected chi connectivity index (χ3v) is 9.57. The quantitative estimate of drug-likeness (QED) is 0.0552. The molecule has 0 radical (unpaired) electrons. The molecule has 60 heavy (non-hydrogen) atoms. The lowest BCUT2D eigenvalue weighted by molar-refractivity contribution is -0.144. The van der Waals surface area contributed by atoms with Crippen LogP contribution in [-0.2, 0) is 40.3 Å². The molecule has 336 valence electrons. The Bertz CT molecular complexity index is 1680. The van der Waals surface area contributed by atoms with Crippen molar-refractivity contribution in [3.8, 4) is 0 Å². The molecule has 0 aliphatic rings. The molecular weight excluding hydrogens is 791 g/mol. The first-order valence-electron chi connectivity index (χ1n) is 19.5. The van der Waals surface area contributed by atoms with Gasteiger partial charge >= 0.3 is 0 Å². The molecule has 17 heteroatoms. The third kappa shape index (κ3) is 17.6. The second kappa shape index (κ2) is 27.8. The van der Waals surface area contributed by atoms with Crippen molar-refractivity contribution in [3.05, 3.63) is 107 Å². The molecule has 3 aromatic rings. The molecule has 0 fully saturated rings. The van der Waals surface area contributed by atoms with Gasteiger partial charge in [0.05, 0.1) is 24.9 Å². The van der Waals surface area contributed by atoms with Crippen molar-refractivity contribution in [1.82, 2.24) is 0 Å². The molecule has 0 aliphatic heterocycles. The van der Waals surface area contributed by atoms with Gasteiger partial charge in [0.1, 0.15) is 60.8 Å². The highest BCUT2D eigenvalue weighted by Crippen LogP contribution is 2.15. The molecule has 13 N–H and O–H groups in total. The van der Waals surface area contributed by atoms with Crippen molar-refractivity contribution in [1.29, 1.82) is 0 Å². The van der Waals surface area contributed by atoms with E-state index in [0.29, 0.717) is 16.7 Å². The van der Waals surface area contributed by atoms with E-state index in [2.05, 4.69) is 0 Å². The molecule has 0 aromatic heterocycles. The zero-order valence-electron chi connectivity index (χ0n) is 33.8. The van der Waals surface area contributed by atoms with Crippen molar-refractivity contribution >= 4 is 17.3 Å². The zero-order valence-corrected chi connectivity index (χ0v) is 33.8. The summed E-state index contributed by atoms with van der Waals surface area (Å²) in [5.41, 5.74) is 2.13. The van der Waals surface area contributed by atoms with Crippen LogP contribution in [0, 0.1) is 5.82 Å². The summed E-state index contributed by atoms with van der Waals surface area (Å²) in [6.07, 6.45) is -19.0. The molecule has 0 unspecified atom stereocenters. The fourth-order valence-electron chi connectivity index (χ4n) is 5.44. The van der Waals surface area contributed by atoms with E-state index in [-0.39, 0.29) is 44.3 Å². The highest BCUT2D eigenvalue weighted by molar-refractivity contribution is 5.86. The van der Waals surface area contributed by atoms with Gasteiger partial charge in [0.25, 0.3) is 0 Å². The third-order valence-electron chi connectivity index (χ3n) is 9.57. The molecule has 0 saturated carbocycles. The van der Waals surface area contributed by atoms with Crippen LogP contribution in [0.5, 0.6) is 0 Å². The minimum absolute atomic E-state index is 0.0337. The maximum absolute atomic E-state index is 13.4. The Labute approximate surface area is 348 Å². The minimum atomic E-state index is -1.88. The van der Waals surface area contributed by atoms with Crippen LogP contribution in [0.4, 0.5) is 4.39 Å². The summed E-state index contributed by atoms with van der Waals surface area (Å²) in [4.78, 5) is 35.4. The van der Waals surface area contributed by atoms with Crippen LogP contribution in [0.15, 0.2) is 78.9 Å². The predicted octanol–water partition coefficient (Wildman–Crippen LogP) is -1.41. The molecule has 0 saturated heterocycles. The normalized spacial score (nSPS) is 17.3. The first-order valence-corrected chi connectivity index (χ1v) is 19.5. The monoisotopic (exact) mass is 852 g/mol. The lowest BCUT2D eigenvalue weighted by Gasteiger charge is -2.25. The van der Waals surface area contributed by atoms with Crippen LogP contribution in [0.3, 0.4) is 0 Å². The summed E-state index contributed by atoms with van der Waals surface area (Å²) in [6, 6.07) is 21.0. The van der Waals surface area contributed by atoms with Gasteiger partial charge in [-0.05, 0) is 47.6 Å². The van der Waals surface area contributed by atoms with Gasteiger partial charge < -0.3 is 66.4 Å². The summed E-state index contributed by atoms with van der Waals surface area (Å²) in [5.74, 6) is -2.66. The summed E-state index contributed by atoms with van der Waals surface area (Å²) < 4.78 is 13.4. The summed E-state index contributed by atoms with van der Waals surface area (Å²) >= 11 is 0. The van der Waals surface area contributed by atoms with E-state index in [0.717, 1.165) is 0 Å². The van der Waals surface area contributed by atoms with Crippen LogP contribution in [0.25, 0.3) is 0 Å². The largest absolute Gasteiger partial charge is 0.392 e. The van der Waals surface area contributed by atoms with E-state index < -0.39 is 103 Å². The second-order valence-corrected chi connectivity index (χ2v) is 14.2. The number of aliphatic hydroxyl groups excluding tert-OH is 13. The van der Waals surface area contributed by atoms with Gasteiger partial charge in [-0.2, -0.15) is 0 Å². The van der Waals surface area contributed by atoms with Crippen LogP contribution < -0.4 is 0 Å². The Morgan fingerprint density at radius 2 is 0.750 bits per heavy atom. The minimum Gasteiger partial charge on any atom is -0.392 e. The number of carbonyl (C=O) groups excluding carboxylic acids is 3. The Morgan fingerprint density at radius 3 is 1.10 bits per heavy atom. The van der Waals surface area contributed by atoms with Crippen molar-refractivity contribution in [2.24, 2.45) is 0 Å². The fraction of sp³-hybridized carbons (Fsp3) is 0.512. The molecule has 12 atom stereocenters. The number of aliphatic hydroxyl groups is 13. The van der Waals surface area contributed by atoms with E-state index in [1.54, 1.807) is 81.4 Å². The Hall–Kier alpha value is -3.92.